The van der Waals surface area contributed by atoms with Crippen LogP contribution in [0, 0.1) is 46.8 Å². The van der Waals surface area contributed by atoms with E-state index in [-0.39, 0.29) is 0 Å². The van der Waals surface area contributed by atoms with E-state index in [1.165, 1.54) is 77.0 Å². The summed E-state index contributed by atoms with van der Waals surface area (Å²) in [6.07, 6.45) is 20.2. The molecular weight excluding hydrogens is 336 g/mol. The molecule has 2 saturated carbocycles. The highest BCUT2D eigenvalue weighted by Crippen LogP contribution is 2.57. The summed E-state index contributed by atoms with van der Waals surface area (Å²) in [6, 6.07) is 0. The van der Waals surface area contributed by atoms with Crippen LogP contribution in [-0.4, -0.2) is 0 Å². The summed E-state index contributed by atoms with van der Waals surface area (Å²) in [5.74, 6) is 6.55. The highest BCUT2D eigenvalue weighted by molar-refractivity contribution is 5.23. The van der Waals surface area contributed by atoms with E-state index in [2.05, 4.69) is 47.6 Å². The van der Waals surface area contributed by atoms with Gasteiger partial charge in [0.25, 0.3) is 0 Å². The first-order valence-corrected chi connectivity index (χ1v) is 13.0. The molecule has 0 saturated heterocycles. The van der Waals surface area contributed by atoms with Crippen LogP contribution >= 0.6 is 0 Å². The predicted molar refractivity (Wildman–Crippen MR) is 124 cm³/mol. The first kappa shape index (κ1) is 22.4. The van der Waals surface area contributed by atoms with Gasteiger partial charge in [0, 0.05) is 0 Å². The standard InChI is InChI=1S/C28H50/c1-20(2)9-7-10-22(4)24-11-8-12-27-26(23(5)13-14-24)16-15-25-19-21(3)17-18-28(25,27)6/h15,20-24,26-27H,7-14,16-19H2,1-6H3/t21-,22+,23-,24+,26-,27-,28-/m0/s1. The van der Waals surface area contributed by atoms with Crippen molar-refractivity contribution in [2.45, 2.75) is 119 Å². The van der Waals surface area contributed by atoms with Crippen molar-refractivity contribution in [3.63, 3.8) is 0 Å². The molecule has 2 fully saturated rings. The van der Waals surface area contributed by atoms with Crippen molar-refractivity contribution in [2.75, 3.05) is 0 Å². The van der Waals surface area contributed by atoms with E-state index in [9.17, 15) is 0 Å². The molecule has 162 valence electrons. The Morgan fingerprint density at radius 1 is 1.00 bits per heavy atom. The SMILES string of the molecule is CC(C)CCC[C@@H](C)[C@@H]1CCC[C@H]2[C@@H](CC=C3C[C@@H](C)CC[C@@]32C)[C@@H](C)CC1. The van der Waals surface area contributed by atoms with E-state index < -0.39 is 0 Å². The van der Waals surface area contributed by atoms with E-state index in [1.807, 2.05) is 5.57 Å². The zero-order valence-corrected chi connectivity index (χ0v) is 20.1. The number of fused-ring (bicyclic) bond motifs is 3. The zero-order valence-electron chi connectivity index (χ0n) is 20.1. The Bertz CT molecular complexity index is 514. The van der Waals surface area contributed by atoms with Gasteiger partial charge in [-0.25, -0.2) is 0 Å². The average molecular weight is 387 g/mol. The van der Waals surface area contributed by atoms with Crippen molar-refractivity contribution in [1.29, 1.82) is 0 Å². The van der Waals surface area contributed by atoms with E-state index in [0.29, 0.717) is 5.41 Å². The summed E-state index contributed by atoms with van der Waals surface area (Å²) >= 11 is 0. The summed E-state index contributed by atoms with van der Waals surface area (Å²) in [4.78, 5) is 0. The molecule has 0 bridgehead atoms. The minimum Gasteiger partial charge on any atom is -0.0845 e. The van der Waals surface area contributed by atoms with Gasteiger partial charge in [0.15, 0.2) is 0 Å². The molecule has 0 nitrogen and oxygen atoms in total. The van der Waals surface area contributed by atoms with Crippen LogP contribution in [0.2, 0.25) is 0 Å². The second-order valence-electron chi connectivity index (χ2n) is 12.0. The van der Waals surface area contributed by atoms with Gasteiger partial charge in [0.1, 0.15) is 0 Å². The molecule has 0 heterocycles. The topological polar surface area (TPSA) is 0 Å². The monoisotopic (exact) mass is 386 g/mol. The van der Waals surface area contributed by atoms with Gasteiger partial charge in [0.05, 0.1) is 0 Å². The molecule has 3 rings (SSSR count). The van der Waals surface area contributed by atoms with Crippen molar-refractivity contribution in [2.24, 2.45) is 46.8 Å². The molecule has 28 heavy (non-hydrogen) atoms. The molecule has 0 radical (unpaired) electrons. The summed E-state index contributed by atoms with van der Waals surface area (Å²) in [5, 5.41) is 0. The second kappa shape index (κ2) is 9.70. The van der Waals surface area contributed by atoms with Gasteiger partial charge in [-0.3, -0.25) is 0 Å². The molecule has 7 atom stereocenters. The third kappa shape index (κ3) is 5.07. The van der Waals surface area contributed by atoms with Crippen LogP contribution in [0.4, 0.5) is 0 Å². The van der Waals surface area contributed by atoms with Gasteiger partial charge < -0.3 is 0 Å². The second-order valence-corrected chi connectivity index (χ2v) is 12.0. The lowest BCUT2D eigenvalue weighted by Crippen LogP contribution is -2.42. The Morgan fingerprint density at radius 3 is 2.54 bits per heavy atom. The lowest BCUT2D eigenvalue weighted by Gasteiger charge is -2.52. The smallest absolute Gasteiger partial charge is 0.00851 e. The predicted octanol–water partition coefficient (Wildman–Crippen LogP) is 9.05. The first-order valence-electron chi connectivity index (χ1n) is 13.0. The fourth-order valence-corrected chi connectivity index (χ4v) is 7.32. The molecule has 0 aromatic rings. The maximum atomic E-state index is 2.72. The lowest BCUT2D eigenvalue weighted by atomic mass is 9.53. The fraction of sp³-hybridized carbons (Fsp3) is 0.929. The van der Waals surface area contributed by atoms with Crippen LogP contribution in [0.25, 0.3) is 0 Å². The van der Waals surface area contributed by atoms with Crippen molar-refractivity contribution in [3.8, 4) is 0 Å². The van der Waals surface area contributed by atoms with Crippen LogP contribution in [0.5, 0.6) is 0 Å². The average Bonchev–Trinajstić information content (AvgIpc) is 2.72. The quantitative estimate of drug-likeness (QED) is 0.413. The summed E-state index contributed by atoms with van der Waals surface area (Å²) in [7, 11) is 0. The maximum Gasteiger partial charge on any atom is -0.00851 e. The van der Waals surface area contributed by atoms with Crippen LogP contribution in [-0.2, 0) is 0 Å². The third-order valence-electron chi connectivity index (χ3n) is 9.49. The largest absolute Gasteiger partial charge is 0.0845 e. The molecule has 3 aliphatic carbocycles. The molecule has 0 unspecified atom stereocenters. The summed E-state index contributed by atoms with van der Waals surface area (Å²) in [6.45, 7) is 15.1. The number of rotatable bonds is 5. The molecule has 0 aromatic carbocycles. The highest BCUT2D eigenvalue weighted by atomic mass is 14.5. The van der Waals surface area contributed by atoms with Crippen LogP contribution < -0.4 is 0 Å². The minimum atomic E-state index is 0.534. The lowest BCUT2D eigenvalue weighted by molar-refractivity contribution is 0.0591. The Morgan fingerprint density at radius 2 is 1.79 bits per heavy atom. The van der Waals surface area contributed by atoms with Crippen molar-refractivity contribution >= 4 is 0 Å². The van der Waals surface area contributed by atoms with Crippen molar-refractivity contribution in [1.82, 2.24) is 0 Å². The van der Waals surface area contributed by atoms with Gasteiger partial charge in [-0.1, -0.05) is 91.7 Å². The van der Waals surface area contributed by atoms with Gasteiger partial charge >= 0.3 is 0 Å². The van der Waals surface area contributed by atoms with Crippen molar-refractivity contribution < 1.29 is 0 Å². The van der Waals surface area contributed by atoms with Gasteiger partial charge in [-0.2, -0.15) is 0 Å². The van der Waals surface area contributed by atoms with Crippen LogP contribution in [0.15, 0.2) is 11.6 Å². The highest BCUT2D eigenvalue weighted by Gasteiger charge is 2.47. The molecule has 3 aliphatic rings. The van der Waals surface area contributed by atoms with E-state index in [1.54, 1.807) is 0 Å². The minimum absolute atomic E-state index is 0.534. The molecular formula is C28H50. The third-order valence-corrected chi connectivity index (χ3v) is 9.49. The van der Waals surface area contributed by atoms with Gasteiger partial charge in [0.2, 0.25) is 0 Å². The maximum absolute atomic E-state index is 2.72. The van der Waals surface area contributed by atoms with E-state index in [4.69, 9.17) is 0 Å². The number of hydrogen-bond donors (Lipinski definition) is 0. The number of allylic oxidation sites excluding steroid dienone is 2. The summed E-state index contributed by atoms with van der Waals surface area (Å²) < 4.78 is 0. The Labute approximate surface area is 177 Å². The van der Waals surface area contributed by atoms with Crippen LogP contribution in [0.3, 0.4) is 0 Å². The Kier molecular flexibility index (Phi) is 7.77. The van der Waals surface area contributed by atoms with Crippen LogP contribution in [0.1, 0.15) is 119 Å². The van der Waals surface area contributed by atoms with Gasteiger partial charge in [-0.15, -0.1) is 0 Å². The first-order chi connectivity index (χ1) is 13.3. The Balaban J connectivity index is 1.65. The molecule has 0 spiro atoms. The molecule has 0 amide bonds. The molecule has 0 aliphatic heterocycles. The Hall–Kier alpha value is -0.260. The molecule has 0 N–H and O–H groups in total. The molecule has 0 aromatic heterocycles. The van der Waals surface area contributed by atoms with E-state index >= 15 is 0 Å². The van der Waals surface area contributed by atoms with E-state index in [0.717, 1.165) is 41.4 Å². The van der Waals surface area contributed by atoms with Crippen molar-refractivity contribution in [3.05, 3.63) is 11.6 Å². The fourth-order valence-electron chi connectivity index (χ4n) is 7.32. The summed E-state index contributed by atoms with van der Waals surface area (Å²) in [5.41, 5.74) is 2.39. The number of hydrogen-bond acceptors (Lipinski definition) is 0. The molecule has 0 heteroatoms. The van der Waals surface area contributed by atoms with Gasteiger partial charge in [-0.05, 0) is 85.4 Å². The zero-order chi connectivity index (χ0) is 20.3. The normalized spacial score (nSPS) is 40.5.